The largest absolute Gasteiger partial charge is 0.370 e. The number of aliphatic imine (C=N–C) groups is 2. The van der Waals surface area contributed by atoms with E-state index in [1.54, 1.807) is 24.3 Å². The zero-order valence-corrected chi connectivity index (χ0v) is 14.8. The molecule has 1 aromatic carbocycles. The van der Waals surface area contributed by atoms with Gasteiger partial charge in [-0.25, -0.2) is 4.99 Å². The Labute approximate surface area is 153 Å². The lowest BCUT2D eigenvalue weighted by Crippen LogP contribution is -2.59. The molecule has 7 heteroatoms. The molecule has 0 spiro atoms. The second-order valence-electron chi connectivity index (χ2n) is 8.21. The number of hydrogen-bond donors (Lipinski definition) is 4. The van der Waals surface area contributed by atoms with E-state index >= 15 is 0 Å². The summed E-state index contributed by atoms with van der Waals surface area (Å²) in [5.74, 6) is 2.14. The zero-order valence-electron chi connectivity index (χ0n) is 14.8. The predicted molar refractivity (Wildman–Crippen MR) is 102 cm³/mol. The van der Waals surface area contributed by atoms with Crippen molar-refractivity contribution >= 4 is 23.5 Å². The summed E-state index contributed by atoms with van der Waals surface area (Å²) in [6, 6.07) is 7.06. The number of carbonyl (C=O) groups is 1. The van der Waals surface area contributed by atoms with Crippen LogP contribution in [0.25, 0.3) is 0 Å². The maximum Gasteiger partial charge on any atom is 0.251 e. The standard InChI is InChI=1S/C19H26N6O/c20-17(21)24-18(22)23-15-3-1-2-14(7-15)16(26)25-19-8-11-4-12(9-19)6-13(5-11)10-19/h1-3,7,11-13H,4-6,8-10H2,(H,25,26)(H6,20,21,22,23,24). The molecule has 0 atom stereocenters. The summed E-state index contributed by atoms with van der Waals surface area (Å²) >= 11 is 0. The molecule has 1 aromatic rings. The number of carbonyl (C=O) groups excluding carboxylic acids is 1. The van der Waals surface area contributed by atoms with Gasteiger partial charge in [0.15, 0.2) is 5.96 Å². The number of guanidine groups is 2. The normalized spacial score (nSPS) is 32.3. The molecule has 4 aliphatic carbocycles. The van der Waals surface area contributed by atoms with Crippen LogP contribution in [0.5, 0.6) is 0 Å². The molecule has 4 fully saturated rings. The summed E-state index contributed by atoms with van der Waals surface area (Å²) in [4.78, 5) is 20.7. The van der Waals surface area contributed by atoms with Gasteiger partial charge in [0.2, 0.25) is 5.96 Å². The van der Waals surface area contributed by atoms with Crippen molar-refractivity contribution in [2.24, 2.45) is 44.9 Å². The maximum absolute atomic E-state index is 12.9. The minimum atomic E-state index is -0.151. The second kappa shape index (κ2) is 6.30. The molecule has 0 aromatic heterocycles. The number of nitrogens with two attached hydrogens (primary N) is 3. The average Bonchev–Trinajstić information content (AvgIpc) is 2.52. The summed E-state index contributed by atoms with van der Waals surface area (Å²) in [6.45, 7) is 0. The quantitative estimate of drug-likeness (QED) is 0.485. The number of nitrogens with one attached hydrogen (secondary N) is 1. The molecule has 5 rings (SSSR count). The Morgan fingerprint density at radius 1 is 1.04 bits per heavy atom. The number of nitrogens with zero attached hydrogens (tertiary/aromatic N) is 2. The lowest BCUT2D eigenvalue weighted by Gasteiger charge is -2.56. The van der Waals surface area contributed by atoms with Crippen LogP contribution in [0.15, 0.2) is 34.3 Å². The Morgan fingerprint density at radius 3 is 2.23 bits per heavy atom. The van der Waals surface area contributed by atoms with Crippen LogP contribution < -0.4 is 22.5 Å². The third-order valence-corrected chi connectivity index (χ3v) is 6.01. The summed E-state index contributed by atoms with van der Waals surface area (Å²) in [5.41, 5.74) is 17.4. The minimum Gasteiger partial charge on any atom is -0.370 e. The lowest BCUT2D eigenvalue weighted by molar-refractivity contribution is -0.0167. The van der Waals surface area contributed by atoms with Gasteiger partial charge in [-0.15, -0.1) is 0 Å². The van der Waals surface area contributed by atoms with Crippen LogP contribution in [0.1, 0.15) is 48.9 Å². The third-order valence-electron chi connectivity index (χ3n) is 6.01. The van der Waals surface area contributed by atoms with E-state index in [0.29, 0.717) is 11.3 Å². The Balaban J connectivity index is 1.51. The van der Waals surface area contributed by atoms with E-state index in [-0.39, 0.29) is 23.4 Å². The topological polar surface area (TPSA) is 132 Å². The van der Waals surface area contributed by atoms with Crippen molar-refractivity contribution in [3.8, 4) is 0 Å². The molecule has 4 bridgehead atoms. The summed E-state index contributed by atoms with van der Waals surface area (Å²) in [6.07, 6.45) is 7.43. The molecule has 0 aliphatic heterocycles. The molecule has 26 heavy (non-hydrogen) atoms. The van der Waals surface area contributed by atoms with Crippen molar-refractivity contribution in [1.82, 2.24) is 5.32 Å². The van der Waals surface area contributed by atoms with Gasteiger partial charge in [0.1, 0.15) is 0 Å². The van der Waals surface area contributed by atoms with Crippen molar-refractivity contribution < 1.29 is 4.79 Å². The summed E-state index contributed by atoms with van der Waals surface area (Å²) in [7, 11) is 0. The van der Waals surface area contributed by atoms with Crippen molar-refractivity contribution in [3.05, 3.63) is 29.8 Å². The SMILES string of the molecule is NC(N)=NC(N)=Nc1cccc(C(=O)NC23CC4CC(CC(C4)C2)C3)c1. The molecular formula is C19H26N6O. The summed E-state index contributed by atoms with van der Waals surface area (Å²) < 4.78 is 0. The van der Waals surface area contributed by atoms with Crippen LogP contribution >= 0.6 is 0 Å². The number of hydrogen-bond acceptors (Lipinski definition) is 2. The number of amides is 1. The van der Waals surface area contributed by atoms with E-state index < -0.39 is 0 Å². The maximum atomic E-state index is 12.9. The monoisotopic (exact) mass is 354 g/mol. The van der Waals surface area contributed by atoms with E-state index in [1.165, 1.54) is 19.3 Å². The molecule has 7 N–H and O–H groups in total. The van der Waals surface area contributed by atoms with Gasteiger partial charge < -0.3 is 22.5 Å². The molecule has 0 saturated heterocycles. The molecule has 1 amide bonds. The van der Waals surface area contributed by atoms with Crippen molar-refractivity contribution in [2.45, 2.75) is 44.1 Å². The van der Waals surface area contributed by atoms with Crippen molar-refractivity contribution in [1.29, 1.82) is 0 Å². The second-order valence-corrected chi connectivity index (χ2v) is 8.21. The Bertz CT molecular complexity index is 745. The molecule has 4 aliphatic rings. The minimum absolute atomic E-state index is 0.0115. The van der Waals surface area contributed by atoms with Gasteiger partial charge in [0.25, 0.3) is 5.91 Å². The molecular weight excluding hydrogens is 328 g/mol. The third kappa shape index (κ3) is 3.38. The molecule has 138 valence electrons. The molecule has 0 heterocycles. The highest BCUT2D eigenvalue weighted by Crippen LogP contribution is 2.55. The first-order chi connectivity index (χ1) is 12.4. The van der Waals surface area contributed by atoms with Gasteiger partial charge in [-0.3, -0.25) is 4.79 Å². The van der Waals surface area contributed by atoms with Crippen LogP contribution in [0.2, 0.25) is 0 Å². The molecule has 4 saturated carbocycles. The van der Waals surface area contributed by atoms with Crippen LogP contribution in [-0.4, -0.2) is 23.4 Å². The van der Waals surface area contributed by atoms with E-state index in [2.05, 4.69) is 15.3 Å². The van der Waals surface area contributed by atoms with E-state index in [4.69, 9.17) is 17.2 Å². The molecule has 0 unspecified atom stereocenters. The van der Waals surface area contributed by atoms with Crippen LogP contribution in [0.4, 0.5) is 5.69 Å². The van der Waals surface area contributed by atoms with Gasteiger partial charge >= 0.3 is 0 Å². The van der Waals surface area contributed by atoms with E-state index in [0.717, 1.165) is 37.0 Å². The van der Waals surface area contributed by atoms with Crippen molar-refractivity contribution in [2.75, 3.05) is 0 Å². The lowest BCUT2D eigenvalue weighted by atomic mass is 9.53. The summed E-state index contributed by atoms with van der Waals surface area (Å²) in [5, 5.41) is 3.37. The fourth-order valence-corrected chi connectivity index (χ4v) is 5.58. The van der Waals surface area contributed by atoms with Crippen molar-refractivity contribution in [3.63, 3.8) is 0 Å². The van der Waals surface area contributed by atoms with E-state index in [1.807, 2.05) is 0 Å². The Morgan fingerprint density at radius 2 is 1.65 bits per heavy atom. The van der Waals surface area contributed by atoms with Crippen LogP contribution in [0.3, 0.4) is 0 Å². The fourth-order valence-electron chi connectivity index (χ4n) is 5.58. The Hall–Kier alpha value is -2.57. The first kappa shape index (κ1) is 16.9. The highest BCUT2D eigenvalue weighted by molar-refractivity contribution is 5.96. The van der Waals surface area contributed by atoms with Gasteiger partial charge in [-0.1, -0.05) is 6.07 Å². The average molecular weight is 354 g/mol. The number of rotatable bonds is 3. The van der Waals surface area contributed by atoms with Crippen LogP contribution in [0, 0.1) is 17.8 Å². The van der Waals surface area contributed by atoms with Gasteiger partial charge in [-0.05, 0) is 74.5 Å². The Kier molecular flexibility index (Phi) is 4.09. The fraction of sp³-hybridized carbons (Fsp3) is 0.526. The van der Waals surface area contributed by atoms with Crippen LogP contribution in [-0.2, 0) is 0 Å². The highest BCUT2D eigenvalue weighted by atomic mass is 16.1. The van der Waals surface area contributed by atoms with Gasteiger partial charge in [-0.2, -0.15) is 4.99 Å². The number of benzene rings is 1. The van der Waals surface area contributed by atoms with Gasteiger partial charge in [0.05, 0.1) is 5.69 Å². The predicted octanol–water partition coefficient (Wildman–Crippen LogP) is 1.60. The molecule has 0 radical (unpaired) electrons. The zero-order chi connectivity index (χ0) is 18.3. The van der Waals surface area contributed by atoms with E-state index in [9.17, 15) is 4.79 Å². The smallest absolute Gasteiger partial charge is 0.251 e. The van der Waals surface area contributed by atoms with Gasteiger partial charge in [0, 0.05) is 11.1 Å². The first-order valence-corrected chi connectivity index (χ1v) is 9.27. The molecule has 7 nitrogen and oxygen atoms in total. The highest BCUT2D eigenvalue weighted by Gasteiger charge is 2.51. The first-order valence-electron chi connectivity index (χ1n) is 9.27.